The first-order valence-corrected chi connectivity index (χ1v) is 8.30. The molecule has 1 N–H and O–H groups in total. The first-order valence-electron chi connectivity index (χ1n) is 7.50. The van der Waals surface area contributed by atoms with Crippen molar-refractivity contribution in [1.29, 1.82) is 0 Å². The number of piperazine rings is 1. The minimum Gasteiger partial charge on any atom is -0.354 e. The highest BCUT2D eigenvalue weighted by Gasteiger charge is 2.19. The molecule has 1 amide bonds. The molecule has 3 heterocycles. The zero-order valence-corrected chi connectivity index (χ0v) is 14.2. The molecule has 120 valence electrons. The fourth-order valence-corrected chi connectivity index (χ4v) is 2.75. The first-order chi connectivity index (χ1) is 11.2. The van der Waals surface area contributed by atoms with E-state index < -0.39 is 0 Å². The van der Waals surface area contributed by atoms with Crippen LogP contribution in [-0.4, -0.2) is 53.5 Å². The predicted molar refractivity (Wildman–Crippen MR) is 93.5 cm³/mol. The molecule has 0 spiro atoms. The smallest absolute Gasteiger partial charge is 0.239 e. The Kier molecular flexibility index (Phi) is 5.19. The second-order valence-electron chi connectivity index (χ2n) is 5.36. The van der Waals surface area contributed by atoms with Crippen molar-refractivity contribution in [1.82, 2.24) is 14.9 Å². The Hall–Kier alpha value is -1.99. The number of hydrogen-bond acceptors (Lipinski definition) is 5. The lowest BCUT2D eigenvalue weighted by atomic mass is 10.3. The average molecular weight is 376 g/mol. The zero-order chi connectivity index (χ0) is 16.1. The Bertz CT molecular complexity index is 641. The molecule has 2 aromatic heterocycles. The molecule has 0 saturated carbocycles. The summed E-state index contributed by atoms with van der Waals surface area (Å²) in [5, 5.41) is 2.82. The summed E-state index contributed by atoms with van der Waals surface area (Å²) >= 11 is 3.32. The third kappa shape index (κ3) is 4.49. The van der Waals surface area contributed by atoms with E-state index in [4.69, 9.17) is 0 Å². The summed E-state index contributed by atoms with van der Waals surface area (Å²) in [5.41, 5.74) is 0. The molecule has 1 saturated heterocycles. The van der Waals surface area contributed by atoms with Crippen molar-refractivity contribution in [3.8, 4) is 0 Å². The number of carbonyl (C=O) groups excluding carboxylic acids is 1. The lowest BCUT2D eigenvalue weighted by Crippen LogP contribution is -2.48. The van der Waals surface area contributed by atoms with Gasteiger partial charge in [-0.25, -0.2) is 9.97 Å². The summed E-state index contributed by atoms with van der Waals surface area (Å²) in [5.74, 6) is 1.53. The fourth-order valence-electron chi connectivity index (χ4n) is 2.51. The van der Waals surface area contributed by atoms with Crippen LogP contribution >= 0.6 is 15.9 Å². The molecular weight excluding hydrogens is 358 g/mol. The van der Waals surface area contributed by atoms with Crippen LogP contribution in [0.4, 0.5) is 11.6 Å². The van der Waals surface area contributed by atoms with Gasteiger partial charge in [-0.1, -0.05) is 6.07 Å². The van der Waals surface area contributed by atoms with Gasteiger partial charge in [0.2, 0.25) is 5.91 Å². The Labute approximate surface area is 143 Å². The number of nitrogens with one attached hydrogen (secondary N) is 1. The Morgan fingerprint density at radius 2 is 1.96 bits per heavy atom. The van der Waals surface area contributed by atoms with Crippen molar-refractivity contribution < 1.29 is 4.79 Å². The molecule has 23 heavy (non-hydrogen) atoms. The van der Waals surface area contributed by atoms with Gasteiger partial charge in [-0.15, -0.1) is 0 Å². The van der Waals surface area contributed by atoms with E-state index in [0.29, 0.717) is 12.4 Å². The topological polar surface area (TPSA) is 61.4 Å². The summed E-state index contributed by atoms with van der Waals surface area (Å²) in [6, 6.07) is 9.56. The van der Waals surface area contributed by atoms with E-state index in [9.17, 15) is 4.79 Å². The molecule has 0 aromatic carbocycles. The number of aromatic nitrogens is 2. The quantitative estimate of drug-likeness (QED) is 0.885. The monoisotopic (exact) mass is 375 g/mol. The number of rotatable bonds is 4. The van der Waals surface area contributed by atoms with Gasteiger partial charge in [0.15, 0.2) is 0 Å². The van der Waals surface area contributed by atoms with Gasteiger partial charge in [0.1, 0.15) is 11.6 Å². The van der Waals surface area contributed by atoms with Gasteiger partial charge in [-0.2, -0.15) is 0 Å². The standard InChI is InChI=1S/C16H18BrN5O/c17-13-4-5-14(19-11-13)20-16(23)12-21-7-9-22(10-8-21)15-3-1-2-6-18-15/h1-6,11H,7-10,12H2,(H,19,20,23). The minimum absolute atomic E-state index is 0.0360. The third-order valence-corrected chi connectivity index (χ3v) is 4.18. The Morgan fingerprint density at radius 1 is 1.13 bits per heavy atom. The molecule has 0 radical (unpaired) electrons. The van der Waals surface area contributed by atoms with E-state index in [0.717, 1.165) is 36.5 Å². The van der Waals surface area contributed by atoms with E-state index >= 15 is 0 Å². The van der Waals surface area contributed by atoms with Crippen LogP contribution < -0.4 is 10.2 Å². The van der Waals surface area contributed by atoms with Crippen LogP contribution in [0.15, 0.2) is 47.2 Å². The molecule has 6 nitrogen and oxygen atoms in total. The maximum Gasteiger partial charge on any atom is 0.239 e. The highest BCUT2D eigenvalue weighted by atomic mass is 79.9. The van der Waals surface area contributed by atoms with E-state index in [-0.39, 0.29) is 5.91 Å². The van der Waals surface area contributed by atoms with Crippen molar-refractivity contribution in [2.24, 2.45) is 0 Å². The maximum absolute atomic E-state index is 12.1. The number of amides is 1. The zero-order valence-electron chi connectivity index (χ0n) is 12.7. The van der Waals surface area contributed by atoms with Crippen LogP contribution in [-0.2, 0) is 4.79 Å². The molecule has 2 aromatic rings. The molecule has 0 unspecified atom stereocenters. The van der Waals surface area contributed by atoms with Crippen LogP contribution in [0.1, 0.15) is 0 Å². The lowest BCUT2D eigenvalue weighted by Gasteiger charge is -2.34. The number of pyridine rings is 2. The van der Waals surface area contributed by atoms with Crippen LogP contribution in [0, 0.1) is 0 Å². The van der Waals surface area contributed by atoms with Crippen molar-refractivity contribution >= 4 is 33.5 Å². The largest absolute Gasteiger partial charge is 0.354 e. The number of halogens is 1. The van der Waals surface area contributed by atoms with Crippen molar-refractivity contribution in [3.63, 3.8) is 0 Å². The molecule has 0 bridgehead atoms. The van der Waals surface area contributed by atoms with Crippen LogP contribution in [0.2, 0.25) is 0 Å². The molecule has 0 aliphatic carbocycles. The molecule has 0 atom stereocenters. The fraction of sp³-hybridized carbons (Fsp3) is 0.312. The summed E-state index contributed by atoms with van der Waals surface area (Å²) in [6.07, 6.45) is 3.47. The molecule has 1 fully saturated rings. The third-order valence-electron chi connectivity index (χ3n) is 3.71. The van der Waals surface area contributed by atoms with Crippen molar-refractivity contribution in [2.75, 3.05) is 42.9 Å². The SMILES string of the molecule is O=C(CN1CCN(c2ccccn2)CC1)Nc1ccc(Br)cn1. The van der Waals surface area contributed by atoms with E-state index in [1.807, 2.05) is 24.3 Å². The Morgan fingerprint density at radius 3 is 2.61 bits per heavy atom. The second kappa shape index (κ2) is 7.52. The van der Waals surface area contributed by atoms with Crippen molar-refractivity contribution in [2.45, 2.75) is 0 Å². The summed E-state index contributed by atoms with van der Waals surface area (Å²) < 4.78 is 0.890. The number of anilines is 2. The highest BCUT2D eigenvalue weighted by Crippen LogP contribution is 2.13. The van der Waals surface area contributed by atoms with Crippen molar-refractivity contribution in [3.05, 3.63) is 47.2 Å². The summed E-state index contributed by atoms with van der Waals surface area (Å²) in [4.78, 5) is 25.0. The van der Waals surface area contributed by atoms with E-state index in [1.165, 1.54) is 0 Å². The first kappa shape index (κ1) is 15.9. The lowest BCUT2D eigenvalue weighted by molar-refractivity contribution is -0.117. The van der Waals surface area contributed by atoms with Gasteiger partial charge >= 0.3 is 0 Å². The van der Waals surface area contributed by atoms with Gasteiger partial charge in [0, 0.05) is 43.0 Å². The van der Waals surface area contributed by atoms with E-state index in [2.05, 4.69) is 41.0 Å². The normalized spacial score (nSPS) is 15.4. The number of carbonyl (C=O) groups is 1. The number of hydrogen-bond donors (Lipinski definition) is 1. The maximum atomic E-state index is 12.1. The van der Waals surface area contributed by atoms with Gasteiger partial charge in [-0.3, -0.25) is 9.69 Å². The molecule has 1 aliphatic rings. The molecule has 7 heteroatoms. The Balaban J connectivity index is 1.47. The number of nitrogens with zero attached hydrogens (tertiary/aromatic N) is 4. The molecular formula is C16H18BrN5O. The van der Waals surface area contributed by atoms with Crippen LogP contribution in [0.5, 0.6) is 0 Å². The minimum atomic E-state index is -0.0360. The summed E-state index contributed by atoms with van der Waals surface area (Å²) in [6.45, 7) is 3.82. The van der Waals surface area contributed by atoms with Gasteiger partial charge in [-0.05, 0) is 40.2 Å². The van der Waals surface area contributed by atoms with Crippen LogP contribution in [0.3, 0.4) is 0 Å². The van der Waals surface area contributed by atoms with Gasteiger partial charge in [0.05, 0.1) is 6.54 Å². The van der Waals surface area contributed by atoms with Crippen LogP contribution in [0.25, 0.3) is 0 Å². The highest BCUT2D eigenvalue weighted by molar-refractivity contribution is 9.10. The predicted octanol–water partition coefficient (Wildman–Crippen LogP) is 2.00. The van der Waals surface area contributed by atoms with E-state index in [1.54, 1.807) is 18.5 Å². The summed E-state index contributed by atoms with van der Waals surface area (Å²) in [7, 11) is 0. The molecule has 1 aliphatic heterocycles. The van der Waals surface area contributed by atoms with Gasteiger partial charge in [0.25, 0.3) is 0 Å². The second-order valence-corrected chi connectivity index (χ2v) is 6.28. The van der Waals surface area contributed by atoms with Gasteiger partial charge < -0.3 is 10.2 Å². The average Bonchev–Trinajstić information content (AvgIpc) is 2.58. The molecule has 3 rings (SSSR count).